The van der Waals surface area contributed by atoms with Gasteiger partial charge in [-0.3, -0.25) is 4.79 Å². The van der Waals surface area contributed by atoms with Crippen molar-refractivity contribution in [3.8, 4) is 17.2 Å². The summed E-state index contributed by atoms with van der Waals surface area (Å²) in [5, 5.41) is 15.6. The molecule has 0 aliphatic heterocycles. The Balaban J connectivity index is 1.71. The number of rotatable bonds is 11. The number of nitrogens with one attached hydrogen (secondary N) is 2. The Morgan fingerprint density at radius 3 is 2.34 bits per heavy atom. The summed E-state index contributed by atoms with van der Waals surface area (Å²) >= 11 is 6.48. The zero-order valence-corrected chi connectivity index (χ0v) is 20.4. The minimum Gasteiger partial charge on any atom is -0.495 e. The number of aromatic carboxylic acids is 1. The fraction of sp³-hybridized carbons (Fsp3) is 0.231. The molecule has 0 atom stereocenters. The van der Waals surface area contributed by atoms with Crippen molar-refractivity contribution in [2.45, 2.75) is 20.4 Å². The smallest absolute Gasteiger partial charge is 0.335 e. The zero-order chi connectivity index (χ0) is 25.4. The van der Waals surface area contributed by atoms with E-state index in [1.54, 1.807) is 18.2 Å². The molecular weight excluding hydrogens is 472 g/mol. The normalized spacial score (nSPS) is 10.4. The highest BCUT2D eigenvalue weighted by molar-refractivity contribution is 6.31. The number of hydrogen-bond acceptors (Lipinski definition) is 6. The number of aryl methyl sites for hydroxylation is 1. The quantitative estimate of drug-likeness (QED) is 0.325. The number of hydrogen-bond donors (Lipinski definition) is 3. The third-order valence-electron chi connectivity index (χ3n) is 5.02. The van der Waals surface area contributed by atoms with Gasteiger partial charge in [0.1, 0.15) is 5.75 Å². The number of halogens is 1. The van der Waals surface area contributed by atoms with Crippen LogP contribution in [0.25, 0.3) is 0 Å². The van der Waals surface area contributed by atoms with E-state index in [9.17, 15) is 14.7 Å². The lowest BCUT2D eigenvalue weighted by Crippen LogP contribution is -2.20. The molecule has 184 valence electrons. The van der Waals surface area contributed by atoms with Crippen LogP contribution in [-0.4, -0.2) is 37.3 Å². The van der Waals surface area contributed by atoms with E-state index < -0.39 is 5.97 Å². The van der Waals surface area contributed by atoms with Crippen LogP contribution >= 0.6 is 11.6 Å². The first-order chi connectivity index (χ1) is 16.8. The van der Waals surface area contributed by atoms with Gasteiger partial charge in [-0.25, -0.2) is 4.79 Å². The Kier molecular flexibility index (Phi) is 8.80. The van der Waals surface area contributed by atoms with Crippen LogP contribution < -0.4 is 24.8 Å². The van der Waals surface area contributed by atoms with Gasteiger partial charge in [0.05, 0.1) is 25.0 Å². The molecule has 3 aromatic carbocycles. The number of carboxylic acids is 1. The molecule has 9 heteroatoms. The van der Waals surface area contributed by atoms with Crippen LogP contribution in [-0.2, 0) is 11.3 Å². The number of amides is 1. The maximum absolute atomic E-state index is 12.3. The van der Waals surface area contributed by atoms with Crippen LogP contribution in [0.4, 0.5) is 11.4 Å². The minimum absolute atomic E-state index is 0.127. The minimum atomic E-state index is -1.04. The van der Waals surface area contributed by atoms with E-state index in [2.05, 4.69) is 10.6 Å². The highest BCUT2D eigenvalue weighted by Crippen LogP contribution is 2.35. The average Bonchev–Trinajstić information content (AvgIpc) is 2.84. The molecule has 0 bridgehead atoms. The average molecular weight is 499 g/mol. The van der Waals surface area contributed by atoms with Gasteiger partial charge in [-0.15, -0.1) is 0 Å². The summed E-state index contributed by atoms with van der Waals surface area (Å²) in [4.78, 5) is 23.6. The number of benzene rings is 3. The Morgan fingerprint density at radius 1 is 0.971 bits per heavy atom. The summed E-state index contributed by atoms with van der Waals surface area (Å²) in [5.41, 5.74) is 3.10. The van der Waals surface area contributed by atoms with Crippen molar-refractivity contribution in [2.75, 3.05) is 31.0 Å². The second kappa shape index (κ2) is 12.0. The van der Waals surface area contributed by atoms with Gasteiger partial charge >= 0.3 is 5.97 Å². The molecule has 35 heavy (non-hydrogen) atoms. The number of carboxylic acid groups (broad SMARTS) is 1. The Bertz CT molecular complexity index is 1200. The van der Waals surface area contributed by atoms with Crippen molar-refractivity contribution in [1.29, 1.82) is 0 Å². The van der Waals surface area contributed by atoms with Gasteiger partial charge in [0, 0.05) is 23.3 Å². The molecule has 3 N–H and O–H groups in total. The highest BCUT2D eigenvalue weighted by Gasteiger charge is 2.15. The Labute approximate surface area is 208 Å². The summed E-state index contributed by atoms with van der Waals surface area (Å²) in [7, 11) is 1.50. The van der Waals surface area contributed by atoms with Gasteiger partial charge in [0.15, 0.2) is 18.1 Å². The van der Waals surface area contributed by atoms with Gasteiger partial charge in [-0.2, -0.15) is 0 Å². The molecule has 0 radical (unpaired) electrons. The van der Waals surface area contributed by atoms with E-state index in [-0.39, 0.29) is 24.6 Å². The molecule has 0 unspecified atom stereocenters. The second-order valence-corrected chi connectivity index (χ2v) is 8.01. The first-order valence-electron chi connectivity index (χ1n) is 10.9. The van der Waals surface area contributed by atoms with E-state index in [1.165, 1.54) is 19.2 Å². The molecule has 3 aromatic rings. The lowest BCUT2D eigenvalue weighted by atomic mass is 10.1. The first kappa shape index (κ1) is 25.7. The van der Waals surface area contributed by atoms with E-state index in [1.807, 2.05) is 38.1 Å². The van der Waals surface area contributed by atoms with Crippen LogP contribution in [0.2, 0.25) is 5.02 Å². The maximum atomic E-state index is 12.3. The van der Waals surface area contributed by atoms with Crippen LogP contribution in [0.15, 0.2) is 54.6 Å². The van der Waals surface area contributed by atoms with Crippen LogP contribution in [0.5, 0.6) is 17.2 Å². The highest BCUT2D eigenvalue weighted by atomic mass is 35.5. The lowest BCUT2D eigenvalue weighted by Gasteiger charge is -2.16. The molecule has 3 rings (SSSR count). The van der Waals surface area contributed by atoms with Crippen molar-refractivity contribution < 1.29 is 28.9 Å². The van der Waals surface area contributed by atoms with Gasteiger partial charge in [-0.05, 0) is 55.8 Å². The maximum Gasteiger partial charge on any atom is 0.335 e. The van der Waals surface area contributed by atoms with Crippen molar-refractivity contribution in [3.05, 3.63) is 76.3 Å². The van der Waals surface area contributed by atoms with E-state index in [0.29, 0.717) is 45.8 Å². The van der Waals surface area contributed by atoms with E-state index in [0.717, 1.165) is 5.56 Å². The fourth-order valence-corrected chi connectivity index (χ4v) is 3.46. The molecular formula is C26H27ClN2O6. The van der Waals surface area contributed by atoms with Crippen LogP contribution in [0.3, 0.4) is 0 Å². The molecule has 1 amide bonds. The summed E-state index contributed by atoms with van der Waals surface area (Å²) in [5.74, 6) is -0.0900. The standard InChI is InChI=1S/C26H27ClN2O6/c1-4-34-23-12-18(14-28-21-11-17(26(31)32)7-10-22(21)33-3)20(27)13-24(23)35-15-25(30)29-19-8-5-16(2)6-9-19/h5-13,28H,4,14-15H2,1-3H3,(H,29,30)(H,31,32). The second-order valence-electron chi connectivity index (χ2n) is 7.60. The van der Waals surface area contributed by atoms with Gasteiger partial charge in [-0.1, -0.05) is 29.3 Å². The monoisotopic (exact) mass is 498 g/mol. The predicted molar refractivity (Wildman–Crippen MR) is 135 cm³/mol. The largest absolute Gasteiger partial charge is 0.495 e. The van der Waals surface area contributed by atoms with Gasteiger partial charge < -0.3 is 30.0 Å². The third-order valence-corrected chi connectivity index (χ3v) is 5.37. The molecule has 0 spiro atoms. The number of carbonyl (C=O) groups excluding carboxylic acids is 1. The third kappa shape index (κ3) is 7.04. The number of anilines is 2. The number of methoxy groups -OCH3 is 1. The fourth-order valence-electron chi connectivity index (χ4n) is 3.24. The number of ether oxygens (including phenoxy) is 3. The SMILES string of the molecule is CCOc1cc(CNc2cc(C(=O)O)ccc2OC)c(Cl)cc1OCC(=O)Nc1ccc(C)cc1. The summed E-state index contributed by atoms with van der Waals surface area (Å²) in [6.45, 7) is 4.24. The van der Waals surface area contributed by atoms with Gasteiger partial charge in [0.25, 0.3) is 5.91 Å². The molecule has 0 heterocycles. The first-order valence-corrected chi connectivity index (χ1v) is 11.3. The summed E-state index contributed by atoms with van der Waals surface area (Å²) < 4.78 is 16.7. The summed E-state index contributed by atoms with van der Waals surface area (Å²) in [6.07, 6.45) is 0. The van der Waals surface area contributed by atoms with Crippen molar-refractivity contribution in [3.63, 3.8) is 0 Å². The van der Waals surface area contributed by atoms with Crippen LogP contribution in [0, 0.1) is 6.92 Å². The van der Waals surface area contributed by atoms with E-state index in [4.69, 9.17) is 25.8 Å². The number of carbonyl (C=O) groups is 2. The molecule has 8 nitrogen and oxygen atoms in total. The molecule has 0 aromatic heterocycles. The topological polar surface area (TPSA) is 106 Å². The Morgan fingerprint density at radius 2 is 1.69 bits per heavy atom. The van der Waals surface area contributed by atoms with Crippen LogP contribution in [0.1, 0.15) is 28.4 Å². The van der Waals surface area contributed by atoms with Gasteiger partial charge in [0.2, 0.25) is 0 Å². The summed E-state index contributed by atoms with van der Waals surface area (Å²) in [6, 6.07) is 15.3. The molecule has 0 fully saturated rings. The van der Waals surface area contributed by atoms with E-state index >= 15 is 0 Å². The predicted octanol–water partition coefficient (Wildman–Crippen LogP) is 5.38. The Hall–Kier alpha value is -3.91. The molecule has 0 saturated carbocycles. The molecule has 0 aliphatic carbocycles. The lowest BCUT2D eigenvalue weighted by molar-refractivity contribution is -0.118. The van der Waals surface area contributed by atoms with Crippen molar-refractivity contribution in [1.82, 2.24) is 0 Å². The molecule has 0 saturated heterocycles. The van der Waals surface area contributed by atoms with Crippen molar-refractivity contribution >= 4 is 34.9 Å². The zero-order valence-electron chi connectivity index (χ0n) is 19.7. The van der Waals surface area contributed by atoms with Crippen molar-refractivity contribution in [2.24, 2.45) is 0 Å². The molecule has 0 aliphatic rings.